The minimum atomic E-state index is -0.671. The Morgan fingerprint density at radius 3 is 2.63 bits per heavy atom. The van der Waals surface area contributed by atoms with Crippen LogP contribution in [0.5, 0.6) is 0 Å². The fourth-order valence-electron chi connectivity index (χ4n) is 2.75. The molecule has 1 heterocycles. The van der Waals surface area contributed by atoms with Gasteiger partial charge in [0.15, 0.2) is 0 Å². The lowest BCUT2D eigenvalue weighted by Crippen LogP contribution is -2.55. The van der Waals surface area contributed by atoms with Gasteiger partial charge in [0.1, 0.15) is 6.04 Å². The lowest BCUT2D eigenvalue weighted by atomic mass is 10.0. The summed E-state index contributed by atoms with van der Waals surface area (Å²) in [6, 6.07) is 5.80. The van der Waals surface area contributed by atoms with Crippen LogP contribution in [0, 0.1) is 5.92 Å². The van der Waals surface area contributed by atoms with Crippen LogP contribution in [0.4, 0.5) is 5.69 Å². The maximum absolute atomic E-state index is 12.7. The van der Waals surface area contributed by atoms with Gasteiger partial charge in [0.25, 0.3) is 0 Å². The molecule has 4 N–H and O–H groups in total. The third-order valence-electron chi connectivity index (χ3n) is 4.36. The number of hydrogen-bond acceptors (Lipinski definition) is 4. The summed E-state index contributed by atoms with van der Waals surface area (Å²) < 4.78 is 0. The second kappa shape index (κ2) is 10.5. The quantitative estimate of drug-likeness (QED) is 0.652. The maximum atomic E-state index is 12.7. The number of hydrogen-bond donors (Lipinski definition) is 3. The van der Waals surface area contributed by atoms with Crippen molar-refractivity contribution in [3.8, 4) is 0 Å². The van der Waals surface area contributed by atoms with Crippen LogP contribution in [0.1, 0.15) is 26.7 Å². The van der Waals surface area contributed by atoms with Crippen LogP contribution in [0.15, 0.2) is 24.3 Å². The summed E-state index contributed by atoms with van der Waals surface area (Å²) in [4.78, 5) is 38.2. The van der Waals surface area contributed by atoms with Crippen molar-refractivity contribution in [1.82, 2.24) is 10.6 Å². The topological polar surface area (TPSA) is 105 Å². The summed E-state index contributed by atoms with van der Waals surface area (Å²) in [6.07, 6.45) is 1.29. The van der Waals surface area contributed by atoms with E-state index >= 15 is 0 Å². The molecular weight excluding hydrogens is 391 g/mol. The normalized spacial score (nSPS) is 17.9. The summed E-state index contributed by atoms with van der Waals surface area (Å²) in [5.41, 5.74) is 6.37. The predicted molar refractivity (Wildman–Crippen MR) is 108 cm³/mol. The third-order valence-corrected chi connectivity index (χ3v) is 4.68. The summed E-state index contributed by atoms with van der Waals surface area (Å²) in [7, 11) is 0. The van der Waals surface area contributed by atoms with Gasteiger partial charge in [-0.15, -0.1) is 12.4 Å². The number of amides is 3. The van der Waals surface area contributed by atoms with Crippen molar-refractivity contribution in [2.45, 2.75) is 38.8 Å². The molecule has 2 atom stereocenters. The molecule has 3 amide bonds. The number of piperidine rings is 1. The number of nitrogens with zero attached hydrogens (tertiary/aromatic N) is 1. The molecule has 1 unspecified atom stereocenters. The van der Waals surface area contributed by atoms with Crippen LogP contribution < -0.4 is 21.3 Å². The second-order valence-electron chi connectivity index (χ2n) is 6.69. The molecule has 1 aromatic rings. The highest BCUT2D eigenvalue weighted by Crippen LogP contribution is 2.28. The molecule has 1 fully saturated rings. The van der Waals surface area contributed by atoms with Gasteiger partial charge in [0, 0.05) is 6.54 Å². The molecule has 7 nitrogen and oxygen atoms in total. The number of para-hydroxylation sites is 1. The molecule has 1 aliphatic heterocycles. The van der Waals surface area contributed by atoms with E-state index in [0.717, 1.165) is 6.42 Å². The van der Waals surface area contributed by atoms with Gasteiger partial charge in [0.2, 0.25) is 17.7 Å². The zero-order chi connectivity index (χ0) is 19.3. The predicted octanol–water partition coefficient (Wildman–Crippen LogP) is 1.47. The van der Waals surface area contributed by atoms with Gasteiger partial charge in [0.05, 0.1) is 23.3 Å². The lowest BCUT2D eigenvalue weighted by Gasteiger charge is -2.33. The molecule has 0 aliphatic carbocycles. The summed E-state index contributed by atoms with van der Waals surface area (Å²) >= 11 is 6.18. The number of benzene rings is 1. The first-order chi connectivity index (χ1) is 12.3. The minimum Gasteiger partial charge on any atom is -0.346 e. The number of nitrogens with two attached hydrogens (primary N) is 1. The Kier molecular flexibility index (Phi) is 9.02. The zero-order valence-electron chi connectivity index (χ0n) is 15.4. The molecule has 2 rings (SSSR count). The number of anilines is 1. The van der Waals surface area contributed by atoms with E-state index in [4.69, 9.17) is 17.3 Å². The van der Waals surface area contributed by atoms with Gasteiger partial charge < -0.3 is 21.3 Å². The van der Waals surface area contributed by atoms with Gasteiger partial charge in [-0.25, -0.2) is 0 Å². The van der Waals surface area contributed by atoms with E-state index in [2.05, 4.69) is 10.6 Å². The van der Waals surface area contributed by atoms with E-state index < -0.39 is 18.0 Å². The molecule has 27 heavy (non-hydrogen) atoms. The Labute approximate surface area is 170 Å². The maximum Gasteiger partial charge on any atom is 0.249 e. The van der Waals surface area contributed by atoms with E-state index in [9.17, 15) is 14.4 Å². The summed E-state index contributed by atoms with van der Waals surface area (Å²) in [5, 5.41) is 5.67. The molecule has 1 saturated heterocycles. The van der Waals surface area contributed by atoms with Crippen molar-refractivity contribution in [3.05, 3.63) is 29.3 Å². The van der Waals surface area contributed by atoms with Gasteiger partial charge >= 0.3 is 0 Å². The fraction of sp³-hybridized carbons (Fsp3) is 0.500. The van der Waals surface area contributed by atoms with Crippen LogP contribution in [0.3, 0.4) is 0 Å². The lowest BCUT2D eigenvalue weighted by molar-refractivity contribution is -0.130. The van der Waals surface area contributed by atoms with Crippen molar-refractivity contribution in [3.63, 3.8) is 0 Å². The largest absolute Gasteiger partial charge is 0.346 e. The van der Waals surface area contributed by atoms with Gasteiger partial charge in [-0.1, -0.05) is 37.6 Å². The fourth-order valence-corrected chi connectivity index (χ4v) is 2.99. The van der Waals surface area contributed by atoms with Crippen LogP contribution in [0.2, 0.25) is 5.02 Å². The number of halogens is 2. The molecule has 1 aliphatic rings. The molecule has 0 saturated carbocycles. The van der Waals surface area contributed by atoms with E-state index in [1.165, 1.54) is 0 Å². The average molecular weight is 417 g/mol. The number of carbonyl (C=O) groups is 3. The van der Waals surface area contributed by atoms with Crippen LogP contribution in [-0.4, -0.2) is 42.9 Å². The Hall–Kier alpha value is -1.83. The zero-order valence-corrected chi connectivity index (χ0v) is 17.0. The van der Waals surface area contributed by atoms with Gasteiger partial charge in [-0.3, -0.25) is 14.4 Å². The number of nitrogens with one attached hydrogen (secondary N) is 2. The summed E-state index contributed by atoms with van der Waals surface area (Å²) in [6.45, 7) is 3.99. The van der Waals surface area contributed by atoms with E-state index in [-0.39, 0.29) is 36.7 Å². The number of carbonyl (C=O) groups excluding carboxylic acids is 3. The monoisotopic (exact) mass is 416 g/mol. The Morgan fingerprint density at radius 1 is 1.33 bits per heavy atom. The highest BCUT2D eigenvalue weighted by molar-refractivity contribution is 6.33. The Balaban J connectivity index is 0.00000364. The standard InChI is InChI=1S/C18H25ClN4O3.ClH/c1-11(2)16(20)17(25)21-10-15(24)22-13-7-5-9-23(18(13)26)14-8-4-3-6-12(14)19;/h3-4,6,8,11,13,16H,5,7,9-10,20H2,1-2H3,(H,21,25)(H,22,24);1H/t13?,16-;/m0./s1. The minimum absolute atomic E-state index is 0. The molecule has 0 radical (unpaired) electrons. The van der Waals surface area contributed by atoms with E-state index in [1.54, 1.807) is 23.1 Å². The van der Waals surface area contributed by atoms with E-state index in [1.807, 2.05) is 19.9 Å². The van der Waals surface area contributed by atoms with Crippen LogP contribution in [0.25, 0.3) is 0 Å². The first-order valence-electron chi connectivity index (χ1n) is 8.69. The summed E-state index contributed by atoms with van der Waals surface area (Å²) in [5.74, 6) is -1.04. The average Bonchev–Trinajstić information content (AvgIpc) is 2.61. The Morgan fingerprint density at radius 2 is 2.00 bits per heavy atom. The third kappa shape index (κ3) is 6.09. The first-order valence-corrected chi connectivity index (χ1v) is 9.07. The molecule has 9 heteroatoms. The molecular formula is C18H26Cl2N4O3. The van der Waals surface area contributed by atoms with E-state index in [0.29, 0.717) is 23.7 Å². The molecule has 0 spiro atoms. The van der Waals surface area contributed by atoms with Gasteiger partial charge in [-0.2, -0.15) is 0 Å². The SMILES string of the molecule is CC(C)[C@H](N)C(=O)NCC(=O)NC1CCCN(c2ccccc2Cl)C1=O.Cl. The number of rotatable bonds is 6. The van der Waals surface area contributed by atoms with Gasteiger partial charge in [-0.05, 0) is 30.9 Å². The van der Waals surface area contributed by atoms with Crippen LogP contribution in [-0.2, 0) is 14.4 Å². The van der Waals surface area contributed by atoms with Crippen molar-refractivity contribution in [2.75, 3.05) is 18.0 Å². The molecule has 1 aromatic carbocycles. The van der Waals surface area contributed by atoms with Crippen molar-refractivity contribution in [2.24, 2.45) is 11.7 Å². The smallest absolute Gasteiger partial charge is 0.249 e. The van der Waals surface area contributed by atoms with Crippen molar-refractivity contribution >= 4 is 47.4 Å². The molecule has 0 bridgehead atoms. The molecule has 150 valence electrons. The second-order valence-corrected chi connectivity index (χ2v) is 7.10. The highest BCUT2D eigenvalue weighted by Gasteiger charge is 2.31. The first kappa shape index (κ1) is 23.2. The Bertz CT molecular complexity index is 684. The van der Waals surface area contributed by atoms with Crippen LogP contribution >= 0.6 is 24.0 Å². The molecule has 0 aromatic heterocycles. The van der Waals surface area contributed by atoms with Crippen molar-refractivity contribution < 1.29 is 14.4 Å². The highest BCUT2D eigenvalue weighted by atomic mass is 35.5. The van der Waals surface area contributed by atoms with Crippen molar-refractivity contribution in [1.29, 1.82) is 0 Å².